The maximum Gasteiger partial charge on any atom is 0.409 e. The van der Waals surface area contributed by atoms with Gasteiger partial charge in [0.2, 0.25) is 0 Å². The highest BCUT2D eigenvalue weighted by Gasteiger charge is 2.21. The molecule has 2 aliphatic rings. The van der Waals surface area contributed by atoms with Crippen LogP contribution in [0.25, 0.3) is 0 Å². The number of carbonyl (C=O) groups excluding carboxylic acids is 2. The van der Waals surface area contributed by atoms with Gasteiger partial charge < -0.3 is 20.3 Å². The molecule has 6 nitrogen and oxygen atoms in total. The van der Waals surface area contributed by atoms with Crippen molar-refractivity contribution in [2.24, 2.45) is 0 Å². The Bertz CT molecular complexity index is 303. The van der Waals surface area contributed by atoms with E-state index in [1.807, 2.05) is 0 Å². The third kappa shape index (κ3) is 3.78. The Morgan fingerprint density at radius 1 is 1.33 bits per heavy atom. The molecule has 0 radical (unpaired) electrons. The topological polar surface area (TPSA) is 70.7 Å². The molecule has 1 saturated carbocycles. The molecule has 2 rings (SSSR count). The lowest BCUT2D eigenvalue weighted by Gasteiger charge is -2.23. The van der Waals surface area contributed by atoms with Crippen LogP contribution in [0.5, 0.6) is 0 Å². The highest BCUT2D eigenvalue weighted by molar-refractivity contribution is 5.74. The standard InChI is InChI=1S/C12H21N3O3/c16-11(14-10-4-2-1-3-5-10)13-6-7-15-8-9-18-12(15)17/h10H,1-9H2,(H2,13,14,16). The number of carbonyl (C=O) groups is 2. The van der Waals surface area contributed by atoms with E-state index in [0.717, 1.165) is 12.8 Å². The quantitative estimate of drug-likeness (QED) is 0.789. The predicted octanol–water partition coefficient (Wildman–Crippen LogP) is 1.07. The fourth-order valence-corrected chi connectivity index (χ4v) is 2.42. The van der Waals surface area contributed by atoms with E-state index in [2.05, 4.69) is 10.6 Å². The van der Waals surface area contributed by atoms with E-state index in [1.165, 1.54) is 19.3 Å². The molecule has 18 heavy (non-hydrogen) atoms. The van der Waals surface area contributed by atoms with Crippen LogP contribution >= 0.6 is 0 Å². The number of cyclic esters (lactones) is 1. The highest BCUT2D eigenvalue weighted by Crippen LogP contribution is 2.17. The lowest BCUT2D eigenvalue weighted by molar-refractivity contribution is 0.158. The Morgan fingerprint density at radius 2 is 2.11 bits per heavy atom. The molecule has 0 unspecified atom stereocenters. The van der Waals surface area contributed by atoms with Crippen LogP contribution in [0.3, 0.4) is 0 Å². The van der Waals surface area contributed by atoms with Crippen LogP contribution in [-0.2, 0) is 4.74 Å². The maximum absolute atomic E-state index is 11.6. The Morgan fingerprint density at radius 3 is 2.78 bits per heavy atom. The van der Waals surface area contributed by atoms with Gasteiger partial charge in [-0.2, -0.15) is 0 Å². The third-order valence-electron chi connectivity index (χ3n) is 3.45. The van der Waals surface area contributed by atoms with Crippen molar-refractivity contribution in [3.63, 3.8) is 0 Å². The zero-order valence-electron chi connectivity index (χ0n) is 10.6. The number of amides is 3. The molecule has 0 bridgehead atoms. The van der Waals surface area contributed by atoms with Gasteiger partial charge in [0.05, 0.1) is 6.54 Å². The van der Waals surface area contributed by atoms with E-state index < -0.39 is 0 Å². The first kappa shape index (κ1) is 13.0. The number of rotatable bonds is 4. The monoisotopic (exact) mass is 255 g/mol. The largest absolute Gasteiger partial charge is 0.448 e. The molecular formula is C12H21N3O3. The number of hydrogen-bond acceptors (Lipinski definition) is 3. The van der Waals surface area contributed by atoms with Gasteiger partial charge in [-0.25, -0.2) is 9.59 Å². The molecule has 2 fully saturated rings. The first-order valence-corrected chi connectivity index (χ1v) is 6.72. The van der Waals surface area contributed by atoms with Crippen LogP contribution in [0.4, 0.5) is 9.59 Å². The van der Waals surface area contributed by atoms with Crippen molar-refractivity contribution < 1.29 is 14.3 Å². The Hall–Kier alpha value is -1.46. The van der Waals surface area contributed by atoms with Gasteiger partial charge in [0.25, 0.3) is 0 Å². The average molecular weight is 255 g/mol. The molecule has 2 N–H and O–H groups in total. The van der Waals surface area contributed by atoms with Crippen molar-refractivity contribution in [1.82, 2.24) is 15.5 Å². The second kappa shape index (κ2) is 6.47. The molecule has 1 aliphatic carbocycles. The minimum absolute atomic E-state index is 0.130. The van der Waals surface area contributed by atoms with Crippen LogP contribution in [-0.4, -0.2) is 49.3 Å². The normalized spacial score (nSPS) is 20.7. The molecular weight excluding hydrogens is 234 g/mol. The molecule has 0 aromatic carbocycles. The van der Waals surface area contributed by atoms with Crippen molar-refractivity contribution in [2.45, 2.75) is 38.1 Å². The number of nitrogens with one attached hydrogen (secondary N) is 2. The van der Waals surface area contributed by atoms with E-state index in [9.17, 15) is 9.59 Å². The van der Waals surface area contributed by atoms with Crippen LogP contribution in [0, 0.1) is 0 Å². The predicted molar refractivity (Wildman–Crippen MR) is 66.3 cm³/mol. The van der Waals surface area contributed by atoms with Crippen LogP contribution in [0.2, 0.25) is 0 Å². The van der Waals surface area contributed by atoms with E-state index in [1.54, 1.807) is 4.90 Å². The van der Waals surface area contributed by atoms with Gasteiger partial charge in [-0.15, -0.1) is 0 Å². The smallest absolute Gasteiger partial charge is 0.409 e. The first-order chi connectivity index (χ1) is 8.75. The summed E-state index contributed by atoms with van der Waals surface area (Å²) in [6.07, 6.45) is 5.54. The van der Waals surface area contributed by atoms with Gasteiger partial charge in [-0.05, 0) is 12.8 Å². The highest BCUT2D eigenvalue weighted by atomic mass is 16.6. The summed E-state index contributed by atoms with van der Waals surface area (Å²) in [6, 6.07) is 0.185. The summed E-state index contributed by atoms with van der Waals surface area (Å²) in [5.41, 5.74) is 0. The van der Waals surface area contributed by atoms with Crippen LogP contribution < -0.4 is 10.6 Å². The van der Waals surface area contributed by atoms with Gasteiger partial charge in [-0.3, -0.25) is 0 Å². The Labute approximate surface area is 107 Å². The first-order valence-electron chi connectivity index (χ1n) is 6.72. The molecule has 1 saturated heterocycles. The van der Waals surface area contributed by atoms with Gasteiger partial charge in [0, 0.05) is 19.1 Å². The summed E-state index contributed by atoms with van der Waals surface area (Å²) in [6.45, 7) is 2.04. The van der Waals surface area contributed by atoms with Gasteiger partial charge in [-0.1, -0.05) is 19.3 Å². The summed E-state index contributed by atoms with van der Waals surface area (Å²) < 4.78 is 4.80. The molecule has 0 aromatic rings. The van der Waals surface area contributed by atoms with Crippen LogP contribution in [0.15, 0.2) is 0 Å². The molecule has 0 aromatic heterocycles. The fourth-order valence-electron chi connectivity index (χ4n) is 2.42. The molecule has 6 heteroatoms. The molecule has 1 aliphatic heterocycles. The van der Waals surface area contributed by atoms with Crippen molar-refractivity contribution in [1.29, 1.82) is 0 Å². The molecule has 0 spiro atoms. The second-order valence-corrected chi connectivity index (χ2v) is 4.84. The van der Waals surface area contributed by atoms with Crippen LogP contribution in [0.1, 0.15) is 32.1 Å². The van der Waals surface area contributed by atoms with Crippen molar-refractivity contribution in [3.05, 3.63) is 0 Å². The average Bonchev–Trinajstić information content (AvgIpc) is 2.76. The minimum atomic E-state index is -0.288. The lowest BCUT2D eigenvalue weighted by Crippen LogP contribution is -2.45. The zero-order chi connectivity index (χ0) is 12.8. The summed E-state index contributed by atoms with van der Waals surface area (Å²) in [7, 11) is 0. The van der Waals surface area contributed by atoms with Crippen molar-refractivity contribution in [2.75, 3.05) is 26.2 Å². The Kier molecular flexibility index (Phi) is 4.66. The van der Waals surface area contributed by atoms with Crippen molar-refractivity contribution >= 4 is 12.1 Å². The number of nitrogens with zero attached hydrogens (tertiary/aromatic N) is 1. The fraction of sp³-hybridized carbons (Fsp3) is 0.833. The second-order valence-electron chi connectivity index (χ2n) is 4.84. The van der Waals surface area contributed by atoms with Gasteiger partial charge in [0.15, 0.2) is 0 Å². The van der Waals surface area contributed by atoms with Gasteiger partial charge in [0.1, 0.15) is 6.61 Å². The van der Waals surface area contributed by atoms with E-state index in [-0.39, 0.29) is 12.1 Å². The molecule has 3 amide bonds. The number of urea groups is 1. The van der Waals surface area contributed by atoms with E-state index in [4.69, 9.17) is 4.74 Å². The SMILES string of the molecule is O=C(NCCN1CCOC1=O)NC1CCCCC1. The maximum atomic E-state index is 11.6. The van der Waals surface area contributed by atoms with E-state index in [0.29, 0.717) is 32.3 Å². The Balaban J connectivity index is 1.58. The number of ether oxygens (including phenoxy) is 1. The summed E-state index contributed by atoms with van der Waals surface area (Å²) in [4.78, 5) is 24.4. The van der Waals surface area contributed by atoms with Gasteiger partial charge >= 0.3 is 12.1 Å². The zero-order valence-corrected chi connectivity index (χ0v) is 10.6. The lowest BCUT2D eigenvalue weighted by atomic mass is 9.96. The molecule has 1 heterocycles. The third-order valence-corrected chi connectivity index (χ3v) is 3.45. The molecule has 102 valence electrons. The summed E-state index contributed by atoms with van der Waals surface area (Å²) >= 11 is 0. The minimum Gasteiger partial charge on any atom is -0.448 e. The van der Waals surface area contributed by atoms with Crippen molar-refractivity contribution in [3.8, 4) is 0 Å². The van der Waals surface area contributed by atoms with E-state index >= 15 is 0 Å². The summed E-state index contributed by atoms with van der Waals surface area (Å²) in [5.74, 6) is 0. The number of hydrogen-bond donors (Lipinski definition) is 2. The molecule has 0 atom stereocenters. The summed E-state index contributed by atoms with van der Waals surface area (Å²) in [5, 5.41) is 5.75.